The first-order chi connectivity index (χ1) is 9.63. The molecule has 2 N–H and O–H groups in total. The normalized spacial score (nSPS) is 21.9. The van der Waals surface area contributed by atoms with E-state index in [2.05, 4.69) is 23.6 Å². The maximum atomic E-state index is 12.3. The predicted molar refractivity (Wildman–Crippen MR) is 76.5 cm³/mol. The van der Waals surface area contributed by atoms with E-state index in [1.807, 2.05) is 0 Å². The second-order valence-corrected chi connectivity index (χ2v) is 5.09. The van der Waals surface area contributed by atoms with Gasteiger partial charge in [-0.1, -0.05) is 0 Å². The highest BCUT2D eigenvalue weighted by Gasteiger charge is 2.25. The summed E-state index contributed by atoms with van der Waals surface area (Å²) in [4.78, 5) is 12.3. The lowest BCUT2D eigenvalue weighted by molar-refractivity contribution is -0.120. The van der Waals surface area contributed by atoms with Crippen LogP contribution >= 0.6 is 0 Å². The summed E-state index contributed by atoms with van der Waals surface area (Å²) in [6, 6.07) is 7.42. The number of anilines is 1. The summed E-state index contributed by atoms with van der Waals surface area (Å²) in [5.74, 6) is 0.548. The molecule has 0 saturated carbocycles. The number of carbonyl (C=O) groups excluding carboxylic acids is 1. The molecule has 0 radical (unpaired) electrons. The molecule has 2 unspecified atom stereocenters. The molecule has 1 amide bonds. The standard InChI is InChI=1S/C15H19N3O2/c1-10-7-12(5-6-17-10)15(19)18-13-4-3-11(9-16)8-14(13)20-2/h3-4,8,10,12,17H,5-7H2,1-2H3,(H,18,19). The molecular weight excluding hydrogens is 254 g/mol. The molecule has 1 aromatic carbocycles. The minimum Gasteiger partial charge on any atom is -0.495 e. The van der Waals surface area contributed by atoms with Crippen molar-refractivity contribution in [3.05, 3.63) is 23.8 Å². The quantitative estimate of drug-likeness (QED) is 0.882. The van der Waals surface area contributed by atoms with E-state index >= 15 is 0 Å². The lowest BCUT2D eigenvalue weighted by Crippen LogP contribution is -2.40. The van der Waals surface area contributed by atoms with Gasteiger partial charge in [-0.2, -0.15) is 5.26 Å². The average Bonchev–Trinajstić information content (AvgIpc) is 2.47. The van der Waals surface area contributed by atoms with Gasteiger partial charge in [-0.15, -0.1) is 0 Å². The zero-order valence-corrected chi connectivity index (χ0v) is 11.8. The van der Waals surface area contributed by atoms with Crippen LogP contribution in [-0.2, 0) is 4.79 Å². The van der Waals surface area contributed by atoms with Crippen molar-refractivity contribution < 1.29 is 9.53 Å². The number of hydrogen-bond donors (Lipinski definition) is 2. The van der Waals surface area contributed by atoms with Gasteiger partial charge in [-0.25, -0.2) is 0 Å². The van der Waals surface area contributed by atoms with Crippen molar-refractivity contribution in [2.75, 3.05) is 19.0 Å². The number of rotatable bonds is 3. The summed E-state index contributed by atoms with van der Waals surface area (Å²) in [5, 5.41) is 15.1. The molecule has 1 aliphatic rings. The molecule has 0 aliphatic carbocycles. The first kappa shape index (κ1) is 14.4. The van der Waals surface area contributed by atoms with E-state index in [9.17, 15) is 4.79 Å². The maximum absolute atomic E-state index is 12.3. The van der Waals surface area contributed by atoms with E-state index in [-0.39, 0.29) is 11.8 Å². The van der Waals surface area contributed by atoms with Gasteiger partial charge in [0.15, 0.2) is 0 Å². The Kier molecular flexibility index (Phi) is 4.59. The second kappa shape index (κ2) is 6.40. The zero-order chi connectivity index (χ0) is 14.5. The van der Waals surface area contributed by atoms with E-state index in [4.69, 9.17) is 10.00 Å². The minimum atomic E-state index is 0.0151. The molecular formula is C15H19N3O2. The van der Waals surface area contributed by atoms with Gasteiger partial charge in [0.2, 0.25) is 5.91 Å². The predicted octanol–water partition coefficient (Wildman–Crippen LogP) is 1.89. The maximum Gasteiger partial charge on any atom is 0.227 e. The topological polar surface area (TPSA) is 74.1 Å². The van der Waals surface area contributed by atoms with E-state index in [1.165, 1.54) is 7.11 Å². The highest BCUT2D eigenvalue weighted by atomic mass is 16.5. The van der Waals surface area contributed by atoms with Crippen molar-refractivity contribution >= 4 is 11.6 Å². The highest BCUT2D eigenvalue weighted by molar-refractivity contribution is 5.94. The summed E-state index contributed by atoms with van der Waals surface area (Å²) in [7, 11) is 1.53. The Hall–Kier alpha value is -2.06. The van der Waals surface area contributed by atoms with Gasteiger partial charge in [0.05, 0.1) is 24.4 Å². The Labute approximate surface area is 118 Å². The number of nitriles is 1. The van der Waals surface area contributed by atoms with Crippen LogP contribution in [0.3, 0.4) is 0 Å². The number of ether oxygens (including phenoxy) is 1. The van der Waals surface area contributed by atoms with Crippen LogP contribution in [0.5, 0.6) is 5.75 Å². The molecule has 1 fully saturated rings. The third-order valence-electron chi connectivity index (χ3n) is 3.58. The summed E-state index contributed by atoms with van der Waals surface area (Å²) in [6.45, 7) is 2.95. The van der Waals surface area contributed by atoms with Crippen LogP contribution in [0.2, 0.25) is 0 Å². The molecule has 106 valence electrons. The Morgan fingerprint density at radius 3 is 3.00 bits per heavy atom. The van der Waals surface area contributed by atoms with Crippen LogP contribution in [0, 0.1) is 17.2 Å². The molecule has 5 heteroatoms. The Balaban J connectivity index is 2.09. The van der Waals surface area contributed by atoms with E-state index in [0.717, 1.165) is 19.4 Å². The van der Waals surface area contributed by atoms with Gasteiger partial charge < -0.3 is 15.4 Å². The summed E-state index contributed by atoms with van der Waals surface area (Å²) in [6.07, 6.45) is 1.68. The molecule has 0 spiro atoms. The van der Waals surface area contributed by atoms with Crippen molar-refractivity contribution in [1.29, 1.82) is 5.26 Å². The first-order valence-corrected chi connectivity index (χ1v) is 6.76. The van der Waals surface area contributed by atoms with Crippen molar-refractivity contribution in [1.82, 2.24) is 5.32 Å². The number of piperidine rings is 1. The molecule has 1 saturated heterocycles. The fourth-order valence-electron chi connectivity index (χ4n) is 2.47. The third kappa shape index (κ3) is 3.28. The van der Waals surface area contributed by atoms with Crippen LogP contribution in [0.15, 0.2) is 18.2 Å². The Bertz CT molecular complexity index is 536. The minimum absolute atomic E-state index is 0.0151. The number of nitrogens with zero attached hydrogens (tertiary/aromatic N) is 1. The Morgan fingerprint density at radius 2 is 2.35 bits per heavy atom. The van der Waals surface area contributed by atoms with Gasteiger partial charge in [0.1, 0.15) is 5.75 Å². The fraction of sp³-hybridized carbons (Fsp3) is 0.467. The zero-order valence-electron chi connectivity index (χ0n) is 11.8. The largest absolute Gasteiger partial charge is 0.495 e. The van der Waals surface area contributed by atoms with Crippen LogP contribution in [-0.4, -0.2) is 25.6 Å². The SMILES string of the molecule is COc1cc(C#N)ccc1NC(=O)C1CCNC(C)C1. The lowest BCUT2D eigenvalue weighted by Gasteiger charge is -2.27. The van der Waals surface area contributed by atoms with Gasteiger partial charge in [0.25, 0.3) is 0 Å². The van der Waals surface area contributed by atoms with Crippen molar-refractivity contribution in [3.8, 4) is 11.8 Å². The summed E-state index contributed by atoms with van der Waals surface area (Å²) < 4.78 is 5.22. The Morgan fingerprint density at radius 1 is 1.55 bits per heavy atom. The van der Waals surface area contributed by atoms with Gasteiger partial charge in [-0.3, -0.25) is 4.79 Å². The van der Waals surface area contributed by atoms with Gasteiger partial charge in [-0.05, 0) is 38.4 Å². The van der Waals surface area contributed by atoms with Crippen LogP contribution < -0.4 is 15.4 Å². The van der Waals surface area contributed by atoms with E-state index in [1.54, 1.807) is 18.2 Å². The monoisotopic (exact) mass is 273 g/mol. The van der Waals surface area contributed by atoms with Crippen molar-refractivity contribution in [2.45, 2.75) is 25.8 Å². The summed E-state index contributed by atoms with van der Waals surface area (Å²) >= 11 is 0. The number of benzene rings is 1. The molecule has 20 heavy (non-hydrogen) atoms. The van der Waals surface area contributed by atoms with Crippen LogP contribution in [0.1, 0.15) is 25.3 Å². The second-order valence-electron chi connectivity index (χ2n) is 5.09. The van der Waals surface area contributed by atoms with Gasteiger partial charge in [0, 0.05) is 18.0 Å². The molecule has 2 atom stereocenters. The van der Waals surface area contributed by atoms with Crippen LogP contribution in [0.25, 0.3) is 0 Å². The van der Waals surface area contributed by atoms with Crippen molar-refractivity contribution in [3.63, 3.8) is 0 Å². The van der Waals surface area contributed by atoms with Crippen LogP contribution in [0.4, 0.5) is 5.69 Å². The molecule has 1 heterocycles. The third-order valence-corrected chi connectivity index (χ3v) is 3.58. The van der Waals surface area contributed by atoms with Crippen molar-refractivity contribution in [2.24, 2.45) is 5.92 Å². The first-order valence-electron chi connectivity index (χ1n) is 6.76. The van der Waals surface area contributed by atoms with E-state index < -0.39 is 0 Å². The number of nitrogens with one attached hydrogen (secondary N) is 2. The molecule has 0 bridgehead atoms. The molecule has 0 aromatic heterocycles. The number of carbonyl (C=O) groups is 1. The fourth-order valence-corrected chi connectivity index (χ4v) is 2.47. The molecule has 1 aliphatic heterocycles. The summed E-state index contributed by atoms with van der Waals surface area (Å²) in [5.41, 5.74) is 1.12. The average molecular weight is 273 g/mol. The molecule has 2 rings (SSSR count). The molecule has 5 nitrogen and oxygen atoms in total. The number of methoxy groups -OCH3 is 1. The lowest BCUT2D eigenvalue weighted by atomic mass is 9.92. The smallest absolute Gasteiger partial charge is 0.227 e. The number of hydrogen-bond acceptors (Lipinski definition) is 4. The highest BCUT2D eigenvalue weighted by Crippen LogP contribution is 2.27. The molecule has 1 aromatic rings. The number of amides is 1. The van der Waals surface area contributed by atoms with E-state index in [0.29, 0.717) is 23.0 Å². The van der Waals surface area contributed by atoms with Gasteiger partial charge >= 0.3 is 0 Å².